The topological polar surface area (TPSA) is 62.5 Å². The number of aryl methyl sites for hydroxylation is 1. The Labute approximate surface area is 101 Å². The molecular weight excluding hydrogens is 220 g/mol. The van der Waals surface area contributed by atoms with Crippen LogP contribution in [0.2, 0.25) is 0 Å². The second-order valence-corrected chi connectivity index (χ2v) is 4.24. The fourth-order valence-electron chi connectivity index (χ4n) is 1.91. The standard InChI is InChI=1S/C11H18N4O2/c1-3-10-12-11(17-13-10)8-14-4-6-15(7-5-14)9(2)16/h3-8H2,1-2H3. The van der Waals surface area contributed by atoms with E-state index in [4.69, 9.17) is 4.52 Å². The molecule has 1 aliphatic heterocycles. The van der Waals surface area contributed by atoms with Gasteiger partial charge in [0, 0.05) is 39.5 Å². The van der Waals surface area contributed by atoms with E-state index < -0.39 is 0 Å². The van der Waals surface area contributed by atoms with Gasteiger partial charge in [-0.25, -0.2) is 0 Å². The van der Waals surface area contributed by atoms with Crippen LogP contribution in [0.15, 0.2) is 4.52 Å². The lowest BCUT2D eigenvalue weighted by Crippen LogP contribution is -2.47. The normalized spacial score (nSPS) is 17.4. The second-order valence-electron chi connectivity index (χ2n) is 4.24. The monoisotopic (exact) mass is 238 g/mol. The maximum Gasteiger partial charge on any atom is 0.240 e. The predicted octanol–water partition coefficient (Wildman–Crippen LogP) is 0.296. The van der Waals surface area contributed by atoms with Gasteiger partial charge < -0.3 is 9.42 Å². The number of hydrogen-bond acceptors (Lipinski definition) is 5. The minimum atomic E-state index is 0.149. The lowest BCUT2D eigenvalue weighted by atomic mass is 10.3. The van der Waals surface area contributed by atoms with Gasteiger partial charge in [0.1, 0.15) is 0 Å². The van der Waals surface area contributed by atoms with E-state index in [0.717, 1.165) is 38.4 Å². The number of hydrogen-bond donors (Lipinski definition) is 0. The maximum absolute atomic E-state index is 11.2. The summed E-state index contributed by atoms with van der Waals surface area (Å²) in [5.74, 6) is 1.57. The molecule has 0 aromatic carbocycles. The van der Waals surface area contributed by atoms with Crippen molar-refractivity contribution < 1.29 is 9.32 Å². The Balaban J connectivity index is 1.83. The average molecular weight is 238 g/mol. The summed E-state index contributed by atoms with van der Waals surface area (Å²) in [6.45, 7) is 7.58. The van der Waals surface area contributed by atoms with Crippen molar-refractivity contribution in [1.82, 2.24) is 19.9 Å². The third-order valence-corrected chi connectivity index (χ3v) is 3.00. The molecule has 1 saturated heterocycles. The van der Waals surface area contributed by atoms with E-state index in [1.54, 1.807) is 6.92 Å². The van der Waals surface area contributed by atoms with E-state index in [1.807, 2.05) is 11.8 Å². The zero-order chi connectivity index (χ0) is 12.3. The molecule has 17 heavy (non-hydrogen) atoms. The highest BCUT2D eigenvalue weighted by molar-refractivity contribution is 5.73. The molecule has 0 radical (unpaired) electrons. The molecule has 0 atom stereocenters. The molecule has 94 valence electrons. The first kappa shape index (κ1) is 12.0. The fraction of sp³-hybridized carbons (Fsp3) is 0.727. The summed E-state index contributed by atoms with van der Waals surface area (Å²) in [7, 11) is 0. The Morgan fingerprint density at radius 1 is 1.35 bits per heavy atom. The first-order valence-corrected chi connectivity index (χ1v) is 5.98. The molecule has 0 spiro atoms. The Morgan fingerprint density at radius 3 is 2.59 bits per heavy atom. The van der Waals surface area contributed by atoms with Crippen molar-refractivity contribution in [2.75, 3.05) is 26.2 Å². The third kappa shape index (κ3) is 3.03. The van der Waals surface area contributed by atoms with Gasteiger partial charge in [-0.05, 0) is 0 Å². The molecule has 1 aromatic heterocycles. The van der Waals surface area contributed by atoms with Crippen LogP contribution >= 0.6 is 0 Å². The van der Waals surface area contributed by atoms with Gasteiger partial charge in [0.05, 0.1) is 6.54 Å². The van der Waals surface area contributed by atoms with Crippen molar-refractivity contribution in [2.24, 2.45) is 0 Å². The molecule has 1 amide bonds. The molecular formula is C11H18N4O2. The molecule has 0 N–H and O–H groups in total. The van der Waals surface area contributed by atoms with Crippen LogP contribution in [0, 0.1) is 0 Å². The molecule has 0 aliphatic carbocycles. The van der Waals surface area contributed by atoms with Crippen LogP contribution in [0.5, 0.6) is 0 Å². The molecule has 1 aromatic rings. The van der Waals surface area contributed by atoms with Crippen LogP contribution in [-0.2, 0) is 17.8 Å². The smallest absolute Gasteiger partial charge is 0.240 e. The number of nitrogens with zero attached hydrogens (tertiary/aromatic N) is 4. The highest BCUT2D eigenvalue weighted by Crippen LogP contribution is 2.07. The van der Waals surface area contributed by atoms with Crippen molar-refractivity contribution in [1.29, 1.82) is 0 Å². The number of carbonyl (C=O) groups excluding carboxylic acids is 1. The minimum Gasteiger partial charge on any atom is -0.340 e. The third-order valence-electron chi connectivity index (χ3n) is 3.00. The summed E-state index contributed by atoms with van der Waals surface area (Å²) >= 11 is 0. The Hall–Kier alpha value is -1.43. The quantitative estimate of drug-likeness (QED) is 0.757. The number of piperazine rings is 1. The van der Waals surface area contributed by atoms with Gasteiger partial charge in [0.25, 0.3) is 0 Å². The van der Waals surface area contributed by atoms with Crippen LogP contribution < -0.4 is 0 Å². The summed E-state index contributed by atoms with van der Waals surface area (Å²) in [6, 6.07) is 0. The van der Waals surface area contributed by atoms with Gasteiger partial charge in [-0.2, -0.15) is 4.98 Å². The van der Waals surface area contributed by atoms with E-state index in [2.05, 4.69) is 15.0 Å². The zero-order valence-corrected chi connectivity index (χ0v) is 10.3. The van der Waals surface area contributed by atoms with E-state index in [1.165, 1.54) is 0 Å². The lowest BCUT2D eigenvalue weighted by Gasteiger charge is -2.33. The molecule has 0 bridgehead atoms. The molecule has 6 nitrogen and oxygen atoms in total. The lowest BCUT2D eigenvalue weighted by molar-refractivity contribution is -0.130. The fourth-order valence-corrected chi connectivity index (χ4v) is 1.91. The molecule has 0 unspecified atom stereocenters. The van der Waals surface area contributed by atoms with Crippen molar-refractivity contribution in [3.05, 3.63) is 11.7 Å². The summed E-state index contributed by atoms with van der Waals surface area (Å²) in [5, 5.41) is 3.87. The molecule has 2 heterocycles. The van der Waals surface area contributed by atoms with Crippen molar-refractivity contribution in [3.63, 3.8) is 0 Å². The van der Waals surface area contributed by atoms with E-state index >= 15 is 0 Å². The van der Waals surface area contributed by atoms with E-state index in [-0.39, 0.29) is 5.91 Å². The second kappa shape index (κ2) is 5.27. The summed E-state index contributed by atoms with van der Waals surface area (Å²) in [5.41, 5.74) is 0. The highest BCUT2D eigenvalue weighted by atomic mass is 16.5. The molecule has 6 heteroatoms. The van der Waals surface area contributed by atoms with Gasteiger partial charge in [0.2, 0.25) is 11.8 Å². The minimum absolute atomic E-state index is 0.149. The summed E-state index contributed by atoms with van der Waals surface area (Å²) in [4.78, 5) is 19.5. The van der Waals surface area contributed by atoms with Gasteiger partial charge >= 0.3 is 0 Å². The summed E-state index contributed by atoms with van der Waals surface area (Å²) < 4.78 is 5.15. The largest absolute Gasteiger partial charge is 0.340 e. The van der Waals surface area contributed by atoms with Crippen LogP contribution in [0.25, 0.3) is 0 Å². The van der Waals surface area contributed by atoms with Gasteiger partial charge in [-0.15, -0.1) is 0 Å². The molecule has 2 rings (SSSR count). The first-order valence-electron chi connectivity index (χ1n) is 5.98. The number of carbonyl (C=O) groups is 1. The van der Waals surface area contributed by atoms with E-state index in [9.17, 15) is 4.79 Å². The van der Waals surface area contributed by atoms with Crippen LogP contribution in [0.3, 0.4) is 0 Å². The predicted molar refractivity (Wildman–Crippen MR) is 61.2 cm³/mol. The Morgan fingerprint density at radius 2 is 2.06 bits per heavy atom. The van der Waals surface area contributed by atoms with Crippen LogP contribution in [0.1, 0.15) is 25.6 Å². The van der Waals surface area contributed by atoms with Crippen LogP contribution in [0.4, 0.5) is 0 Å². The van der Waals surface area contributed by atoms with Crippen molar-refractivity contribution >= 4 is 5.91 Å². The van der Waals surface area contributed by atoms with E-state index in [0.29, 0.717) is 12.4 Å². The van der Waals surface area contributed by atoms with Gasteiger partial charge in [-0.3, -0.25) is 9.69 Å². The first-order chi connectivity index (χ1) is 8.19. The Bertz CT molecular complexity index is 383. The SMILES string of the molecule is CCc1noc(CN2CCN(C(C)=O)CC2)n1. The van der Waals surface area contributed by atoms with Crippen LogP contribution in [-0.4, -0.2) is 52.0 Å². The summed E-state index contributed by atoms with van der Waals surface area (Å²) in [6.07, 6.45) is 0.793. The maximum atomic E-state index is 11.2. The van der Waals surface area contributed by atoms with Gasteiger partial charge in [-0.1, -0.05) is 12.1 Å². The molecule has 0 saturated carbocycles. The number of aromatic nitrogens is 2. The Kier molecular flexibility index (Phi) is 3.73. The molecule has 1 fully saturated rings. The van der Waals surface area contributed by atoms with Crippen molar-refractivity contribution in [3.8, 4) is 0 Å². The highest BCUT2D eigenvalue weighted by Gasteiger charge is 2.20. The molecule has 1 aliphatic rings. The zero-order valence-electron chi connectivity index (χ0n) is 10.3. The number of amides is 1. The van der Waals surface area contributed by atoms with Crippen molar-refractivity contribution in [2.45, 2.75) is 26.8 Å². The number of rotatable bonds is 3. The van der Waals surface area contributed by atoms with Gasteiger partial charge in [0.15, 0.2) is 5.82 Å². The average Bonchev–Trinajstić information content (AvgIpc) is 2.77.